The van der Waals surface area contributed by atoms with E-state index in [1.807, 2.05) is 56.3 Å². The Labute approximate surface area is 265 Å². The van der Waals surface area contributed by atoms with Crippen molar-refractivity contribution >= 4 is 50.7 Å². The first-order valence-corrected chi connectivity index (χ1v) is 17.2. The lowest BCUT2D eigenvalue weighted by Crippen LogP contribution is -2.55. The number of carbonyl (C=O) groups is 2. The van der Waals surface area contributed by atoms with E-state index in [1.54, 1.807) is 24.3 Å². The number of carbonyl (C=O) groups excluding carboxylic acids is 2. The highest BCUT2D eigenvalue weighted by Gasteiger charge is 2.35. The summed E-state index contributed by atoms with van der Waals surface area (Å²) in [7, 11) is -3.87. The van der Waals surface area contributed by atoms with Crippen LogP contribution < -0.4 is 9.62 Å². The average Bonchev–Trinajstić information content (AvgIpc) is 2.95. The zero-order valence-electron chi connectivity index (χ0n) is 24.9. The van der Waals surface area contributed by atoms with E-state index in [0.717, 1.165) is 59.4 Å². The number of nitrogens with zero attached hydrogens (tertiary/aromatic N) is 2. The monoisotopic (exact) mass is 643 g/mol. The number of aryl methyl sites for hydroxylation is 2. The van der Waals surface area contributed by atoms with E-state index >= 15 is 0 Å². The van der Waals surface area contributed by atoms with Gasteiger partial charge in [-0.1, -0.05) is 96.6 Å². The molecule has 1 N–H and O–H groups in total. The third kappa shape index (κ3) is 8.74. The van der Waals surface area contributed by atoms with Gasteiger partial charge < -0.3 is 10.2 Å². The van der Waals surface area contributed by atoms with Gasteiger partial charge in [0.15, 0.2) is 0 Å². The van der Waals surface area contributed by atoms with Crippen LogP contribution in [-0.4, -0.2) is 50.0 Å². The molecule has 1 fully saturated rings. The number of anilines is 1. The second-order valence-electron chi connectivity index (χ2n) is 11.3. The summed E-state index contributed by atoms with van der Waals surface area (Å²) >= 11 is 13.1. The standard InChI is InChI=1S/C33H39Cl2N3O4S/c1-23-17-18-30(24(2)19-23)38(43(3,41)42)22-32(39)37(21-27-28(34)15-10-16-29(27)35)31(20-25-11-6-4-7-12-25)33(40)36-26-13-8-5-9-14-26/h4,6-7,10-12,15-19,26,31H,5,8-9,13-14,20-22H2,1-3H3,(H,36,40)/t31-/m0/s1. The molecule has 2 amide bonds. The molecule has 230 valence electrons. The second-order valence-corrected chi connectivity index (χ2v) is 14.1. The van der Waals surface area contributed by atoms with Crippen molar-refractivity contribution in [2.24, 2.45) is 0 Å². The molecule has 0 spiro atoms. The lowest BCUT2D eigenvalue weighted by Gasteiger charge is -2.35. The summed E-state index contributed by atoms with van der Waals surface area (Å²) in [5.74, 6) is -0.828. The van der Waals surface area contributed by atoms with Gasteiger partial charge in [-0.3, -0.25) is 13.9 Å². The van der Waals surface area contributed by atoms with Crippen LogP contribution in [0.5, 0.6) is 0 Å². The summed E-state index contributed by atoms with van der Waals surface area (Å²) in [5, 5.41) is 3.89. The van der Waals surface area contributed by atoms with Gasteiger partial charge >= 0.3 is 0 Å². The third-order valence-electron chi connectivity index (χ3n) is 7.91. The Kier molecular flexibility index (Phi) is 11.2. The van der Waals surface area contributed by atoms with Crippen molar-refractivity contribution in [2.75, 3.05) is 17.1 Å². The van der Waals surface area contributed by atoms with Crippen LogP contribution in [0.25, 0.3) is 0 Å². The number of amides is 2. The minimum atomic E-state index is -3.87. The van der Waals surface area contributed by atoms with Crippen molar-refractivity contribution < 1.29 is 18.0 Å². The Hall–Kier alpha value is -3.07. The highest BCUT2D eigenvalue weighted by atomic mass is 35.5. The van der Waals surface area contributed by atoms with Crippen LogP contribution in [0.15, 0.2) is 66.7 Å². The molecule has 1 atom stereocenters. The third-order valence-corrected chi connectivity index (χ3v) is 9.75. The summed E-state index contributed by atoms with van der Waals surface area (Å²) in [6.45, 7) is 3.16. The fourth-order valence-electron chi connectivity index (χ4n) is 5.63. The molecular formula is C33H39Cl2N3O4S. The normalized spacial score (nSPS) is 14.6. The van der Waals surface area contributed by atoms with Gasteiger partial charge in [0.2, 0.25) is 21.8 Å². The maximum atomic E-state index is 14.4. The van der Waals surface area contributed by atoms with Crippen LogP contribution in [0.2, 0.25) is 10.0 Å². The number of hydrogen-bond donors (Lipinski definition) is 1. The molecule has 0 heterocycles. The van der Waals surface area contributed by atoms with E-state index in [0.29, 0.717) is 21.3 Å². The Morgan fingerprint density at radius 3 is 2.19 bits per heavy atom. The summed E-state index contributed by atoms with van der Waals surface area (Å²) in [6, 6.07) is 19.0. The average molecular weight is 645 g/mol. The Morgan fingerprint density at radius 2 is 1.58 bits per heavy atom. The maximum Gasteiger partial charge on any atom is 0.244 e. The summed E-state index contributed by atoms with van der Waals surface area (Å²) in [5.41, 5.74) is 3.44. The van der Waals surface area contributed by atoms with Crippen LogP contribution in [0, 0.1) is 13.8 Å². The summed E-state index contributed by atoms with van der Waals surface area (Å²) in [4.78, 5) is 29.9. The van der Waals surface area contributed by atoms with Gasteiger partial charge in [-0.05, 0) is 56.0 Å². The molecule has 0 saturated heterocycles. The first-order chi connectivity index (χ1) is 20.4. The first kappa shape index (κ1) is 32.8. The number of benzene rings is 3. The molecular weight excluding hydrogens is 605 g/mol. The van der Waals surface area contributed by atoms with Crippen molar-refractivity contribution in [3.63, 3.8) is 0 Å². The SMILES string of the molecule is Cc1ccc(N(CC(=O)N(Cc2c(Cl)cccc2Cl)[C@@H](Cc2ccccc2)C(=O)NC2CCCCC2)S(C)(=O)=O)c(C)c1. The van der Waals surface area contributed by atoms with Gasteiger partial charge in [0.1, 0.15) is 12.6 Å². The number of hydrogen-bond acceptors (Lipinski definition) is 4. The highest BCUT2D eigenvalue weighted by Crippen LogP contribution is 2.29. The maximum absolute atomic E-state index is 14.4. The molecule has 43 heavy (non-hydrogen) atoms. The number of sulfonamides is 1. The molecule has 10 heteroatoms. The predicted octanol–water partition coefficient (Wildman–Crippen LogP) is 6.47. The van der Waals surface area contributed by atoms with Crippen molar-refractivity contribution in [1.29, 1.82) is 0 Å². The molecule has 0 aliphatic heterocycles. The van der Waals surface area contributed by atoms with E-state index in [-0.39, 0.29) is 24.9 Å². The molecule has 0 bridgehead atoms. The van der Waals surface area contributed by atoms with Crippen LogP contribution in [0.4, 0.5) is 5.69 Å². The molecule has 0 radical (unpaired) electrons. The fourth-order valence-corrected chi connectivity index (χ4v) is 7.06. The Morgan fingerprint density at radius 1 is 0.930 bits per heavy atom. The zero-order chi connectivity index (χ0) is 31.1. The summed E-state index contributed by atoms with van der Waals surface area (Å²) in [6.07, 6.45) is 6.26. The quantitative estimate of drug-likeness (QED) is 0.260. The highest BCUT2D eigenvalue weighted by molar-refractivity contribution is 7.92. The molecule has 3 aromatic carbocycles. The van der Waals surface area contributed by atoms with Crippen molar-refractivity contribution in [2.45, 2.75) is 71.0 Å². The van der Waals surface area contributed by atoms with Crippen LogP contribution in [0.3, 0.4) is 0 Å². The Bertz CT molecular complexity index is 1520. The molecule has 0 unspecified atom stereocenters. The van der Waals surface area contributed by atoms with Gasteiger partial charge in [-0.25, -0.2) is 8.42 Å². The smallest absolute Gasteiger partial charge is 0.244 e. The van der Waals surface area contributed by atoms with Crippen molar-refractivity contribution in [3.8, 4) is 0 Å². The molecule has 1 aliphatic carbocycles. The molecule has 0 aromatic heterocycles. The topological polar surface area (TPSA) is 86.8 Å². The zero-order valence-corrected chi connectivity index (χ0v) is 27.2. The van der Waals surface area contributed by atoms with E-state index < -0.39 is 28.5 Å². The summed E-state index contributed by atoms with van der Waals surface area (Å²) < 4.78 is 27.3. The minimum absolute atomic E-state index is 0.0168. The predicted molar refractivity (Wildman–Crippen MR) is 174 cm³/mol. The van der Waals surface area contributed by atoms with Crippen LogP contribution in [-0.2, 0) is 32.6 Å². The fraction of sp³-hybridized carbons (Fsp3) is 0.394. The molecule has 7 nitrogen and oxygen atoms in total. The van der Waals surface area contributed by atoms with Gasteiger partial charge in [0.05, 0.1) is 11.9 Å². The van der Waals surface area contributed by atoms with Crippen LogP contribution in [0.1, 0.15) is 54.4 Å². The number of rotatable bonds is 11. The molecule has 1 aliphatic rings. The van der Waals surface area contributed by atoms with E-state index in [9.17, 15) is 18.0 Å². The molecule has 4 rings (SSSR count). The van der Waals surface area contributed by atoms with Crippen molar-refractivity contribution in [3.05, 3.63) is 99.0 Å². The van der Waals surface area contributed by atoms with E-state index in [4.69, 9.17) is 23.2 Å². The van der Waals surface area contributed by atoms with Gasteiger partial charge in [-0.2, -0.15) is 0 Å². The lowest BCUT2D eigenvalue weighted by atomic mass is 9.94. The van der Waals surface area contributed by atoms with E-state index in [1.165, 1.54) is 4.90 Å². The largest absolute Gasteiger partial charge is 0.352 e. The minimum Gasteiger partial charge on any atom is -0.352 e. The Balaban J connectivity index is 1.77. The first-order valence-electron chi connectivity index (χ1n) is 14.6. The van der Waals surface area contributed by atoms with Gasteiger partial charge in [0.25, 0.3) is 0 Å². The molecule has 1 saturated carbocycles. The number of halogens is 2. The second kappa shape index (κ2) is 14.6. The number of nitrogens with one attached hydrogen (secondary N) is 1. The van der Waals surface area contributed by atoms with Crippen LogP contribution >= 0.6 is 23.2 Å². The molecule has 3 aromatic rings. The van der Waals surface area contributed by atoms with E-state index in [2.05, 4.69) is 5.32 Å². The lowest BCUT2D eigenvalue weighted by molar-refractivity contribution is -0.140. The van der Waals surface area contributed by atoms with Gasteiger partial charge in [-0.15, -0.1) is 0 Å². The van der Waals surface area contributed by atoms with Crippen molar-refractivity contribution in [1.82, 2.24) is 10.2 Å². The van der Waals surface area contributed by atoms with Gasteiger partial charge in [0, 0.05) is 34.6 Å².